The molecule has 0 saturated carbocycles. The van der Waals surface area contributed by atoms with Gasteiger partial charge < -0.3 is 20.4 Å². The Kier molecular flexibility index (Phi) is 9.29. The predicted octanol–water partition coefficient (Wildman–Crippen LogP) is 4.25. The molecule has 3 rings (SSSR count). The molecule has 0 aliphatic heterocycles. The van der Waals surface area contributed by atoms with E-state index < -0.39 is 11.8 Å². The number of nitrogens with two attached hydrogens (primary N) is 1. The van der Waals surface area contributed by atoms with Gasteiger partial charge in [0.25, 0.3) is 11.5 Å². The van der Waals surface area contributed by atoms with Crippen molar-refractivity contribution in [2.24, 2.45) is 5.73 Å². The fourth-order valence-electron chi connectivity index (χ4n) is 4.01. The molecule has 0 aliphatic carbocycles. The molecule has 2 aromatic carbocycles. The Labute approximate surface area is 228 Å². The number of amides is 3. The summed E-state index contributed by atoms with van der Waals surface area (Å²) in [6, 6.07) is 8.88. The summed E-state index contributed by atoms with van der Waals surface area (Å²) in [5.74, 6) is -0.468. The Bertz CT molecular complexity index is 1420. The normalized spacial score (nSPS) is 10.9. The van der Waals surface area contributed by atoms with E-state index in [9.17, 15) is 18.8 Å². The van der Waals surface area contributed by atoms with Crippen LogP contribution in [0.2, 0.25) is 0 Å². The van der Waals surface area contributed by atoms with Crippen molar-refractivity contribution in [2.75, 3.05) is 20.6 Å². The minimum Gasteiger partial charge on any atom is -0.487 e. The molecule has 3 aromatic rings. The lowest BCUT2D eigenvalue weighted by Crippen LogP contribution is -2.36. The van der Waals surface area contributed by atoms with E-state index in [1.165, 1.54) is 17.0 Å². The maximum atomic E-state index is 14.1. The number of hydrazine groups is 1. The zero-order valence-electron chi connectivity index (χ0n) is 21.9. The topological polar surface area (TPSA) is 121 Å². The summed E-state index contributed by atoms with van der Waals surface area (Å²) in [6.45, 7) is 5.86. The molecule has 0 aliphatic rings. The zero-order valence-corrected chi connectivity index (χ0v) is 23.5. The number of primary amides is 1. The number of nitrogens with one attached hydrogen (secondary N) is 2. The molecule has 0 atom stereocenters. The van der Waals surface area contributed by atoms with Crippen LogP contribution in [0.25, 0.3) is 11.1 Å². The van der Waals surface area contributed by atoms with Crippen LogP contribution < -0.4 is 21.5 Å². The van der Waals surface area contributed by atoms with Crippen molar-refractivity contribution in [3.05, 3.63) is 85.0 Å². The molecular formula is C27H31BrFN5O4. The average Bonchev–Trinajstić information content (AvgIpc) is 2.84. The Morgan fingerprint density at radius 3 is 2.47 bits per heavy atom. The minimum atomic E-state index is -0.618. The van der Waals surface area contributed by atoms with Crippen LogP contribution >= 0.6 is 15.9 Å². The quantitative estimate of drug-likeness (QED) is 0.323. The van der Waals surface area contributed by atoms with Gasteiger partial charge in [-0.25, -0.2) is 14.2 Å². The van der Waals surface area contributed by atoms with Gasteiger partial charge in [0.2, 0.25) is 0 Å². The molecular weight excluding hydrogens is 557 g/mol. The second-order valence-electron chi connectivity index (χ2n) is 9.02. The van der Waals surface area contributed by atoms with Crippen molar-refractivity contribution in [2.45, 2.75) is 33.9 Å². The largest absolute Gasteiger partial charge is 0.487 e. The number of benzene rings is 2. The van der Waals surface area contributed by atoms with Gasteiger partial charge in [0.1, 0.15) is 22.6 Å². The van der Waals surface area contributed by atoms with Crippen LogP contribution in [0.5, 0.6) is 5.75 Å². The van der Waals surface area contributed by atoms with Crippen LogP contribution in [0.15, 0.2) is 45.7 Å². The van der Waals surface area contributed by atoms with E-state index in [2.05, 4.69) is 26.3 Å². The summed E-state index contributed by atoms with van der Waals surface area (Å²) in [5.41, 5.74) is 12.1. The van der Waals surface area contributed by atoms with E-state index in [-0.39, 0.29) is 34.8 Å². The highest BCUT2D eigenvalue weighted by Crippen LogP contribution is 2.39. The minimum absolute atomic E-state index is 0.0136. The van der Waals surface area contributed by atoms with Crippen LogP contribution in [0.1, 0.15) is 39.7 Å². The third-order valence-corrected chi connectivity index (χ3v) is 6.71. The monoisotopic (exact) mass is 587 g/mol. The van der Waals surface area contributed by atoms with E-state index in [0.29, 0.717) is 40.1 Å². The van der Waals surface area contributed by atoms with Crippen molar-refractivity contribution in [3.8, 4) is 16.9 Å². The summed E-state index contributed by atoms with van der Waals surface area (Å²) in [7, 11) is 3.43. The van der Waals surface area contributed by atoms with E-state index in [4.69, 9.17) is 10.5 Å². The molecule has 0 fully saturated rings. The molecule has 38 heavy (non-hydrogen) atoms. The average molecular weight is 588 g/mol. The number of carbonyl (C=O) groups excluding carboxylic acids is 2. The smallest absolute Gasteiger partial charge is 0.315 e. The van der Waals surface area contributed by atoms with Crippen LogP contribution in [-0.4, -0.2) is 47.5 Å². The summed E-state index contributed by atoms with van der Waals surface area (Å²) in [4.78, 5) is 41.3. The molecule has 0 saturated heterocycles. The molecule has 202 valence electrons. The molecule has 0 unspecified atom stereocenters. The van der Waals surface area contributed by atoms with Crippen molar-refractivity contribution >= 4 is 27.9 Å². The third-order valence-electron chi connectivity index (χ3n) is 5.99. The molecule has 9 nitrogen and oxygen atoms in total. The number of nitrogens with zero attached hydrogens (tertiary/aromatic N) is 2. The number of hydrogen-bond acceptors (Lipinski definition) is 5. The van der Waals surface area contributed by atoms with Gasteiger partial charge in [-0.1, -0.05) is 12.1 Å². The van der Waals surface area contributed by atoms with Crippen LogP contribution in [-0.2, 0) is 13.2 Å². The fourth-order valence-corrected chi connectivity index (χ4v) is 4.43. The summed E-state index contributed by atoms with van der Waals surface area (Å²) in [5, 5.41) is 1.55. The highest BCUT2D eigenvalue weighted by molar-refractivity contribution is 9.10. The van der Waals surface area contributed by atoms with Crippen LogP contribution in [0.4, 0.5) is 9.18 Å². The standard InChI is InChI=1S/C27H31BrFN5O4/c1-6-34(27(30)37)13-19-11-20(29)10-9-18(19)14-38-24-22(16(3)31-26(36)23(24)28)21-12-17(8-7-15(21)2)25(35)32-33(4)5/h7-12H,6,13-14H2,1-5H3,(H2,30,37)(H,31,36)(H,32,35). The predicted molar refractivity (Wildman–Crippen MR) is 147 cm³/mol. The molecule has 11 heteroatoms. The van der Waals surface area contributed by atoms with E-state index in [0.717, 1.165) is 5.56 Å². The molecule has 0 spiro atoms. The van der Waals surface area contributed by atoms with Gasteiger partial charge in [-0.2, -0.15) is 0 Å². The zero-order chi connectivity index (χ0) is 28.1. The number of aromatic nitrogens is 1. The van der Waals surface area contributed by atoms with Gasteiger partial charge in [-0.05, 0) is 83.2 Å². The number of carbonyl (C=O) groups is 2. The second kappa shape index (κ2) is 12.2. The second-order valence-corrected chi connectivity index (χ2v) is 9.81. The van der Waals surface area contributed by atoms with Gasteiger partial charge in [0.05, 0.1) is 0 Å². The molecule has 4 N–H and O–H groups in total. The van der Waals surface area contributed by atoms with Gasteiger partial charge in [-0.15, -0.1) is 0 Å². The number of H-pyrrole nitrogens is 1. The Hall–Kier alpha value is -3.70. The highest BCUT2D eigenvalue weighted by atomic mass is 79.9. The van der Waals surface area contributed by atoms with E-state index in [1.807, 2.05) is 13.0 Å². The van der Waals surface area contributed by atoms with Crippen LogP contribution in [0.3, 0.4) is 0 Å². The van der Waals surface area contributed by atoms with Gasteiger partial charge in [-0.3, -0.25) is 15.0 Å². The van der Waals surface area contributed by atoms with Gasteiger partial charge in [0.15, 0.2) is 0 Å². The lowest BCUT2D eigenvalue weighted by atomic mass is 9.96. The fraction of sp³-hybridized carbons (Fsp3) is 0.296. The molecule has 0 bridgehead atoms. The SMILES string of the molecule is CCN(Cc1cc(F)ccc1COc1c(-c2cc(C(=O)NN(C)C)ccc2C)c(C)[nH]c(=O)c1Br)C(N)=O. The Morgan fingerprint density at radius 2 is 1.84 bits per heavy atom. The maximum absolute atomic E-state index is 14.1. The molecule has 1 aromatic heterocycles. The first-order valence-electron chi connectivity index (χ1n) is 11.9. The van der Waals surface area contributed by atoms with E-state index >= 15 is 0 Å². The first kappa shape index (κ1) is 28.9. The van der Waals surface area contributed by atoms with Gasteiger partial charge in [0, 0.05) is 44.0 Å². The van der Waals surface area contributed by atoms with Gasteiger partial charge >= 0.3 is 6.03 Å². The number of rotatable bonds is 9. The molecule has 1 heterocycles. The van der Waals surface area contributed by atoms with Crippen molar-refractivity contribution < 1.29 is 18.7 Å². The number of hydrogen-bond donors (Lipinski definition) is 3. The summed E-state index contributed by atoms with van der Waals surface area (Å²) >= 11 is 3.36. The first-order chi connectivity index (χ1) is 17.9. The summed E-state index contributed by atoms with van der Waals surface area (Å²) < 4.78 is 20.5. The van der Waals surface area contributed by atoms with Crippen LogP contribution in [0, 0.1) is 19.7 Å². The lowest BCUT2D eigenvalue weighted by Gasteiger charge is -2.21. The number of aryl methyl sites for hydroxylation is 2. The lowest BCUT2D eigenvalue weighted by molar-refractivity contribution is 0.0857. The highest BCUT2D eigenvalue weighted by Gasteiger charge is 2.21. The third kappa shape index (κ3) is 6.59. The number of urea groups is 1. The Morgan fingerprint density at radius 1 is 1.13 bits per heavy atom. The summed E-state index contributed by atoms with van der Waals surface area (Å²) in [6.07, 6.45) is 0. The molecule has 3 amide bonds. The first-order valence-corrected chi connectivity index (χ1v) is 12.7. The number of halogens is 2. The van der Waals surface area contributed by atoms with Crippen molar-refractivity contribution in [1.82, 2.24) is 20.3 Å². The number of pyridine rings is 1. The Balaban J connectivity index is 2.07. The van der Waals surface area contributed by atoms with E-state index in [1.54, 1.807) is 51.2 Å². The number of ether oxygens (including phenoxy) is 1. The van der Waals surface area contributed by atoms with Crippen molar-refractivity contribution in [3.63, 3.8) is 0 Å². The maximum Gasteiger partial charge on any atom is 0.315 e. The molecule has 0 radical (unpaired) electrons. The van der Waals surface area contributed by atoms with Crippen molar-refractivity contribution in [1.29, 1.82) is 0 Å². The number of aromatic amines is 1.